The third kappa shape index (κ3) is 1.94. The molecule has 0 saturated carbocycles. The van der Waals surface area contributed by atoms with Crippen molar-refractivity contribution in [3.8, 4) is 0 Å². The Hall–Kier alpha value is -0.680. The van der Waals surface area contributed by atoms with Crippen LogP contribution in [0.2, 0.25) is 0 Å². The molecule has 0 radical (unpaired) electrons. The standard InChI is InChI=1S/C11H14BrN3S/c1-11(2,6-12)15(3)9-8-4-5-16-10(8)14-7-13-9/h4-5,7H,6H2,1-3H3. The highest BCUT2D eigenvalue weighted by atomic mass is 79.9. The maximum atomic E-state index is 4.39. The lowest BCUT2D eigenvalue weighted by atomic mass is 10.1. The van der Waals surface area contributed by atoms with Gasteiger partial charge in [0.1, 0.15) is 17.0 Å². The lowest BCUT2D eigenvalue weighted by Gasteiger charge is -2.35. The zero-order valence-electron chi connectivity index (χ0n) is 9.57. The van der Waals surface area contributed by atoms with Crippen molar-refractivity contribution in [2.75, 3.05) is 17.3 Å². The van der Waals surface area contributed by atoms with Gasteiger partial charge in [0.05, 0.1) is 5.39 Å². The average molecular weight is 300 g/mol. The number of fused-ring (bicyclic) bond motifs is 1. The second-order valence-corrected chi connectivity index (χ2v) is 5.80. The second kappa shape index (κ2) is 4.30. The molecule has 0 spiro atoms. The van der Waals surface area contributed by atoms with Gasteiger partial charge in [0.2, 0.25) is 0 Å². The molecule has 86 valence electrons. The van der Waals surface area contributed by atoms with E-state index in [0.29, 0.717) is 0 Å². The predicted octanol–water partition coefficient (Wildman–Crippen LogP) is 3.30. The minimum atomic E-state index is 0.0310. The zero-order valence-corrected chi connectivity index (χ0v) is 12.0. The second-order valence-electron chi connectivity index (χ2n) is 4.34. The molecular formula is C11H14BrN3S. The molecule has 0 amide bonds. The van der Waals surface area contributed by atoms with E-state index in [1.165, 1.54) is 0 Å². The largest absolute Gasteiger partial charge is 0.353 e. The normalized spacial score (nSPS) is 12.0. The van der Waals surface area contributed by atoms with Gasteiger partial charge >= 0.3 is 0 Å². The molecule has 0 fully saturated rings. The third-order valence-corrected chi connectivity index (χ3v) is 4.99. The Morgan fingerprint density at radius 2 is 2.19 bits per heavy atom. The summed E-state index contributed by atoms with van der Waals surface area (Å²) in [5.41, 5.74) is 0.0310. The Morgan fingerprint density at radius 1 is 1.44 bits per heavy atom. The summed E-state index contributed by atoms with van der Waals surface area (Å²) in [6.07, 6.45) is 1.63. The number of anilines is 1. The number of thiophene rings is 1. The molecule has 0 saturated heterocycles. The first-order valence-corrected chi connectivity index (χ1v) is 7.04. The van der Waals surface area contributed by atoms with Crippen molar-refractivity contribution in [2.45, 2.75) is 19.4 Å². The minimum absolute atomic E-state index is 0.0310. The van der Waals surface area contributed by atoms with E-state index in [-0.39, 0.29) is 5.54 Å². The van der Waals surface area contributed by atoms with Crippen molar-refractivity contribution < 1.29 is 0 Å². The molecule has 2 heterocycles. The fraction of sp³-hybridized carbons (Fsp3) is 0.455. The molecule has 0 aliphatic heterocycles. The average Bonchev–Trinajstić information content (AvgIpc) is 2.75. The molecule has 3 nitrogen and oxygen atoms in total. The number of aromatic nitrogens is 2. The number of halogens is 1. The smallest absolute Gasteiger partial charge is 0.140 e. The van der Waals surface area contributed by atoms with Crippen molar-refractivity contribution >= 4 is 43.3 Å². The first kappa shape index (κ1) is 11.8. The van der Waals surface area contributed by atoms with Crippen molar-refractivity contribution in [2.24, 2.45) is 0 Å². The van der Waals surface area contributed by atoms with Crippen molar-refractivity contribution in [1.82, 2.24) is 9.97 Å². The lowest BCUT2D eigenvalue weighted by molar-refractivity contribution is 0.548. The summed E-state index contributed by atoms with van der Waals surface area (Å²) in [6.45, 7) is 4.37. The van der Waals surface area contributed by atoms with E-state index < -0.39 is 0 Å². The van der Waals surface area contributed by atoms with Crippen LogP contribution in [0.3, 0.4) is 0 Å². The Balaban J connectivity index is 2.51. The van der Waals surface area contributed by atoms with E-state index in [1.54, 1.807) is 17.7 Å². The molecule has 2 aromatic heterocycles. The van der Waals surface area contributed by atoms with Crippen LogP contribution in [0.15, 0.2) is 17.8 Å². The molecule has 0 unspecified atom stereocenters. The summed E-state index contributed by atoms with van der Waals surface area (Å²) in [4.78, 5) is 11.9. The fourth-order valence-electron chi connectivity index (χ4n) is 1.42. The zero-order chi connectivity index (χ0) is 11.8. The summed E-state index contributed by atoms with van der Waals surface area (Å²) >= 11 is 5.19. The Labute approximate surface area is 108 Å². The van der Waals surface area contributed by atoms with E-state index >= 15 is 0 Å². The van der Waals surface area contributed by atoms with Crippen LogP contribution in [0.4, 0.5) is 5.82 Å². The molecule has 0 aliphatic rings. The van der Waals surface area contributed by atoms with Gasteiger partial charge in [-0.2, -0.15) is 0 Å². The van der Waals surface area contributed by atoms with E-state index in [1.807, 2.05) is 0 Å². The molecule has 0 aliphatic carbocycles. The Morgan fingerprint density at radius 3 is 2.88 bits per heavy atom. The van der Waals surface area contributed by atoms with Crippen LogP contribution in [0.1, 0.15) is 13.8 Å². The van der Waals surface area contributed by atoms with Crippen LogP contribution in [-0.2, 0) is 0 Å². The summed E-state index contributed by atoms with van der Waals surface area (Å²) in [5.74, 6) is 0.996. The quantitative estimate of drug-likeness (QED) is 0.814. The molecule has 0 aromatic carbocycles. The van der Waals surface area contributed by atoms with Crippen molar-refractivity contribution in [1.29, 1.82) is 0 Å². The maximum absolute atomic E-state index is 4.39. The molecule has 2 aromatic rings. The third-order valence-electron chi connectivity index (χ3n) is 2.79. The number of rotatable bonds is 3. The van der Waals surface area contributed by atoms with Gasteiger partial charge < -0.3 is 4.90 Å². The van der Waals surface area contributed by atoms with E-state index in [9.17, 15) is 0 Å². The van der Waals surface area contributed by atoms with Crippen LogP contribution < -0.4 is 4.90 Å². The van der Waals surface area contributed by atoms with Gasteiger partial charge in [0.15, 0.2) is 0 Å². The molecule has 0 bridgehead atoms. The van der Waals surface area contributed by atoms with E-state index in [2.05, 4.69) is 63.1 Å². The SMILES string of the molecule is CN(c1ncnc2sccc12)C(C)(C)CBr. The summed E-state index contributed by atoms with van der Waals surface area (Å²) in [6, 6.07) is 2.08. The fourth-order valence-corrected chi connectivity index (χ4v) is 2.52. The monoisotopic (exact) mass is 299 g/mol. The van der Waals surface area contributed by atoms with Crippen LogP contribution in [-0.4, -0.2) is 27.9 Å². The number of alkyl halides is 1. The molecular weight excluding hydrogens is 286 g/mol. The minimum Gasteiger partial charge on any atom is -0.353 e. The molecule has 5 heteroatoms. The van der Waals surface area contributed by atoms with Gasteiger partial charge in [-0.1, -0.05) is 15.9 Å². The molecule has 16 heavy (non-hydrogen) atoms. The van der Waals surface area contributed by atoms with Crippen molar-refractivity contribution in [3.05, 3.63) is 17.8 Å². The number of nitrogens with zero attached hydrogens (tertiary/aromatic N) is 3. The topological polar surface area (TPSA) is 29.0 Å². The highest BCUT2D eigenvalue weighted by Gasteiger charge is 2.24. The van der Waals surface area contributed by atoms with Gasteiger partial charge in [0.25, 0.3) is 0 Å². The molecule has 2 rings (SSSR count). The van der Waals surface area contributed by atoms with E-state index in [4.69, 9.17) is 0 Å². The Kier molecular flexibility index (Phi) is 3.17. The van der Waals surface area contributed by atoms with Crippen LogP contribution in [0.5, 0.6) is 0 Å². The van der Waals surface area contributed by atoms with Gasteiger partial charge in [-0.15, -0.1) is 11.3 Å². The first-order chi connectivity index (χ1) is 7.56. The summed E-state index contributed by atoms with van der Waals surface area (Å²) < 4.78 is 0. The first-order valence-electron chi connectivity index (χ1n) is 5.04. The lowest BCUT2D eigenvalue weighted by Crippen LogP contribution is -2.43. The maximum Gasteiger partial charge on any atom is 0.140 e. The highest BCUT2D eigenvalue weighted by molar-refractivity contribution is 9.09. The predicted molar refractivity (Wildman–Crippen MR) is 73.7 cm³/mol. The van der Waals surface area contributed by atoms with Crippen molar-refractivity contribution in [3.63, 3.8) is 0 Å². The van der Waals surface area contributed by atoms with Crippen LogP contribution >= 0.6 is 27.3 Å². The van der Waals surface area contributed by atoms with Gasteiger partial charge in [-0.05, 0) is 25.3 Å². The molecule has 0 atom stereocenters. The van der Waals surface area contributed by atoms with Gasteiger partial charge in [-0.25, -0.2) is 9.97 Å². The van der Waals surface area contributed by atoms with Gasteiger partial charge in [-0.3, -0.25) is 0 Å². The van der Waals surface area contributed by atoms with Gasteiger partial charge in [0, 0.05) is 17.9 Å². The summed E-state index contributed by atoms with van der Waals surface area (Å²) in [5, 5.41) is 4.08. The molecule has 0 N–H and O–H groups in total. The summed E-state index contributed by atoms with van der Waals surface area (Å²) in [7, 11) is 2.07. The van der Waals surface area contributed by atoms with Crippen LogP contribution in [0.25, 0.3) is 10.2 Å². The Bertz CT molecular complexity index is 495. The number of hydrogen-bond donors (Lipinski definition) is 0. The highest BCUT2D eigenvalue weighted by Crippen LogP contribution is 2.30. The van der Waals surface area contributed by atoms with E-state index in [0.717, 1.165) is 21.4 Å². The number of hydrogen-bond acceptors (Lipinski definition) is 4. The van der Waals surface area contributed by atoms with Crippen LogP contribution in [0, 0.1) is 0 Å².